The Labute approximate surface area is 66.8 Å². The average molecular weight is 151 g/mol. The van der Waals surface area contributed by atoms with Crippen LogP contribution in [0.5, 0.6) is 0 Å². The van der Waals surface area contributed by atoms with Crippen molar-refractivity contribution in [2.75, 3.05) is 19.8 Å². The van der Waals surface area contributed by atoms with Gasteiger partial charge in [0.15, 0.2) is 0 Å². The summed E-state index contributed by atoms with van der Waals surface area (Å²) in [4.78, 5) is 6.51. The zero-order valence-corrected chi connectivity index (χ0v) is 6.53. The van der Waals surface area contributed by atoms with E-state index in [1.54, 1.807) is 0 Å². The Kier molecular flexibility index (Phi) is 1.90. The lowest BCUT2D eigenvalue weighted by atomic mass is 10.2. The summed E-state index contributed by atoms with van der Waals surface area (Å²) in [5, 5.41) is 3.31. The van der Waals surface area contributed by atoms with Gasteiger partial charge in [0.05, 0.1) is 25.6 Å². The summed E-state index contributed by atoms with van der Waals surface area (Å²) in [6.07, 6.45) is 7.52. The Morgan fingerprint density at radius 3 is 3.45 bits per heavy atom. The van der Waals surface area contributed by atoms with E-state index in [9.17, 15) is 0 Å². The van der Waals surface area contributed by atoms with Gasteiger partial charge in [-0.1, -0.05) is 12.2 Å². The van der Waals surface area contributed by atoms with E-state index in [-0.39, 0.29) is 0 Å². The Morgan fingerprint density at radius 2 is 2.45 bits per heavy atom. The van der Waals surface area contributed by atoms with Crippen molar-refractivity contribution in [1.29, 1.82) is 0 Å². The number of nitrogens with one attached hydrogen (secondary N) is 1. The second-order valence-corrected chi connectivity index (χ2v) is 2.97. The van der Waals surface area contributed by atoms with Crippen LogP contribution in [-0.4, -0.2) is 37.0 Å². The maximum absolute atomic E-state index is 4.24. The second kappa shape index (κ2) is 3.05. The fraction of sp³-hybridized carbons (Fsp3) is 0.625. The maximum Gasteiger partial charge on any atom is 0.0864 e. The largest absolute Gasteiger partial charge is 0.345 e. The summed E-state index contributed by atoms with van der Waals surface area (Å²) in [7, 11) is 0. The smallest absolute Gasteiger partial charge is 0.0864 e. The maximum atomic E-state index is 4.24. The molecule has 2 aliphatic heterocycles. The second-order valence-electron chi connectivity index (χ2n) is 2.97. The van der Waals surface area contributed by atoms with E-state index in [0.717, 1.165) is 26.2 Å². The summed E-state index contributed by atoms with van der Waals surface area (Å²) in [5.74, 6) is 0. The number of hydrogen-bond donors (Lipinski definition) is 1. The van der Waals surface area contributed by atoms with Crippen molar-refractivity contribution in [2.45, 2.75) is 12.5 Å². The standard InChI is InChI=1S/C8H13N3/c1-2-4-9-6-11-7-10-5-8(11)3-1/h1-2,7-9H,3-6H2. The molecule has 1 unspecified atom stereocenters. The highest BCUT2D eigenvalue weighted by Gasteiger charge is 2.18. The predicted octanol–water partition coefficient (Wildman–Crippen LogP) is 0.206. The first kappa shape index (κ1) is 6.85. The van der Waals surface area contributed by atoms with Gasteiger partial charge in [-0.15, -0.1) is 0 Å². The fourth-order valence-corrected chi connectivity index (χ4v) is 1.47. The molecular formula is C8H13N3. The Bertz CT molecular complexity index is 186. The van der Waals surface area contributed by atoms with Gasteiger partial charge in [0, 0.05) is 6.54 Å². The molecule has 0 fully saturated rings. The van der Waals surface area contributed by atoms with Crippen LogP contribution in [0.15, 0.2) is 17.1 Å². The topological polar surface area (TPSA) is 27.6 Å². The fourth-order valence-electron chi connectivity index (χ4n) is 1.47. The SMILES string of the molecule is C1=CCC2CN=CN2CNC1. The first-order chi connectivity index (χ1) is 5.47. The molecule has 0 aromatic carbocycles. The van der Waals surface area contributed by atoms with E-state index in [1.165, 1.54) is 0 Å². The van der Waals surface area contributed by atoms with Gasteiger partial charge in [-0.3, -0.25) is 10.3 Å². The molecule has 1 atom stereocenters. The summed E-state index contributed by atoms with van der Waals surface area (Å²) in [5.41, 5.74) is 0. The van der Waals surface area contributed by atoms with Crippen molar-refractivity contribution in [3.63, 3.8) is 0 Å². The van der Waals surface area contributed by atoms with Crippen LogP contribution in [-0.2, 0) is 0 Å². The molecule has 0 aromatic rings. The van der Waals surface area contributed by atoms with Gasteiger partial charge < -0.3 is 4.90 Å². The highest BCUT2D eigenvalue weighted by atomic mass is 15.3. The molecule has 60 valence electrons. The molecule has 0 saturated carbocycles. The molecule has 2 aliphatic rings. The molecule has 3 nitrogen and oxygen atoms in total. The van der Waals surface area contributed by atoms with Gasteiger partial charge in [-0.25, -0.2) is 0 Å². The van der Waals surface area contributed by atoms with Crippen molar-refractivity contribution in [1.82, 2.24) is 10.2 Å². The predicted molar refractivity (Wildman–Crippen MR) is 45.6 cm³/mol. The molecule has 0 spiro atoms. The third-order valence-electron chi connectivity index (χ3n) is 2.15. The van der Waals surface area contributed by atoms with E-state index in [2.05, 4.69) is 27.4 Å². The first-order valence-corrected chi connectivity index (χ1v) is 4.08. The van der Waals surface area contributed by atoms with Crippen LogP contribution in [0.25, 0.3) is 0 Å². The molecule has 1 N–H and O–H groups in total. The molecular weight excluding hydrogens is 138 g/mol. The van der Waals surface area contributed by atoms with Crippen molar-refractivity contribution >= 4 is 6.34 Å². The van der Waals surface area contributed by atoms with Crippen molar-refractivity contribution in [3.05, 3.63) is 12.2 Å². The lowest BCUT2D eigenvalue weighted by molar-refractivity contribution is 0.326. The number of hydrogen-bond acceptors (Lipinski definition) is 3. The van der Waals surface area contributed by atoms with Gasteiger partial charge in [0.2, 0.25) is 0 Å². The molecule has 0 bridgehead atoms. The highest BCUT2D eigenvalue weighted by Crippen LogP contribution is 2.09. The van der Waals surface area contributed by atoms with Gasteiger partial charge in [0.1, 0.15) is 0 Å². The molecule has 3 heteroatoms. The molecule has 2 heterocycles. The van der Waals surface area contributed by atoms with Crippen LogP contribution in [0, 0.1) is 0 Å². The lowest BCUT2D eigenvalue weighted by Crippen LogP contribution is -2.39. The van der Waals surface area contributed by atoms with Crippen LogP contribution in [0.3, 0.4) is 0 Å². The van der Waals surface area contributed by atoms with Gasteiger partial charge >= 0.3 is 0 Å². The first-order valence-electron chi connectivity index (χ1n) is 4.08. The molecule has 0 amide bonds. The Hall–Kier alpha value is -0.830. The van der Waals surface area contributed by atoms with E-state index < -0.39 is 0 Å². The minimum atomic E-state index is 0.610. The van der Waals surface area contributed by atoms with Crippen LogP contribution >= 0.6 is 0 Å². The number of nitrogens with zero attached hydrogens (tertiary/aromatic N) is 2. The number of fused-ring (bicyclic) bond motifs is 1. The average Bonchev–Trinajstić information content (AvgIpc) is 2.35. The molecule has 11 heavy (non-hydrogen) atoms. The van der Waals surface area contributed by atoms with Gasteiger partial charge in [-0.05, 0) is 6.42 Å². The minimum absolute atomic E-state index is 0.610. The summed E-state index contributed by atoms with van der Waals surface area (Å²) >= 11 is 0. The Morgan fingerprint density at radius 1 is 1.45 bits per heavy atom. The number of aliphatic imine (C=N–C) groups is 1. The van der Waals surface area contributed by atoms with Crippen LogP contribution in [0.4, 0.5) is 0 Å². The van der Waals surface area contributed by atoms with Crippen molar-refractivity contribution in [3.8, 4) is 0 Å². The molecule has 0 aromatic heterocycles. The normalized spacial score (nSPS) is 29.8. The quantitative estimate of drug-likeness (QED) is 0.501. The summed E-state index contributed by atoms with van der Waals surface area (Å²) in [6, 6.07) is 0.610. The lowest BCUT2D eigenvalue weighted by Gasteiger charge is -2.24. The van der Waals surface area contributed by atoms with E-state index in [0.29, 0.717) is 6.04 Å². The monoisotopic (exact) mass is 151 g/mol. The minimum Gasteiger partial charge on any atom is -0.345 e. The van der Waals surface area contributed by atoms with Crippen molar-refractivity contribution < 1.29 is 0 Å². The van der Waals surface area contributed by atoms with E-state index in [1.807, 2.05) is 6.34 Å². The Balaban J connectivity index is 2.02. The van der Waals surface area contributed by atoms with Crippen molar-refractivity contribution in [2.24, 2.45) is 4.99 Å². The molecule has 0 aliphatic carbocycles. The molecule has 0 radical (unpaired) electrons. The van der Waals surface area contributed by atoms with E-state index in [4.69, 9.17) is 0 Å². The van der Waals surface area contributed by atoms with E-state index >= 15 is 0 Å². The van der Waals surface area contributed by atoms with Gasteiger partial charge in [-0.2, -0.15) is 0 Å². The highest BCUT2D eigenvalue weighted by molar-refractivity contribution is 5.58. The summed E-state index contributed by atoms with van der Waals surface area (Å²) in [6.45, 7) is 2.89. The van der Waals surface area contributed by atoms with Crippen LogP contribution in [0.1, 0.15) is 6.42 Å². The zero-order valence-electron chi connectivity index (χ0n) is 6.53. The third kappa shape index (κ3) is 1.43. The zero-order chi connectivity index (χ0) is 7.52. The molecule has 0 saturated heterocycles. The molecule has 2 rings (SSSR count). The third-order valence-corrected chi connectivity index (χ3v) is 2.15. The van der Waals surface area contributed by atoms with Gasteiger partial charge in [0.25, 0.3) is 0 Å². The van der Waals surface area contributed by atoms with Crippen LogP contribution < -0.4 is 5.32 Å². The number of rotatable bonds is 0. The van der Waals surface area contributed by atoms with Crippen LogP contribution in [0.2, 0.25) is 0 Å². The summed E-state index contributed by atoms with van der Waals surface area (Å²) < 4.78 is 0.